The Hall–Kier alpha value is -3.95. The molecule has 0 spiro atoms. The van der Waals surface area contributed by atoms with Gasteiger partial charge in [-0.3, -0.25) is 14.1 Å². The maximum atomic E-state index is 15.5. The summed E-state index contributed by atoms with van der Waals surface area (Å²) < 4.78 is 42.4. The molecule has 176 valence electrons. The minimum atomic E-state index is -1.63. The third-order valence-electron chi connectivity index (χ3n) is 5.34. The van der Waals surface area contributed by atoms with Gasteiger partial charge in [-0.05, 0) is 59.7 Å². The van der Waals surface area contributed by atoms with E-state index < -0.39 is 22.4 Å². The van der Waals surface area contributed by atoms with Crippen molar-refractivity contribution in [3.63, 3.8) is 0 Å². The van der Waals surface area contributed by atoms with Gasteiger partial charge in [-0.1, -0.05) is 28.9 Å². The molecule has 0 aliphatic heterocycles. The Morgan fingerprint density at radius 3 is 2.66 bits per heavy atom. The lowest BCUT2D eigenvalue weighted by atomic mass is 10.0. The summed E-state index contributed by atoms with van der Waals surface area (Å²) in [5.74, 6) is -0.149. The maximum Gasteiger partial charge on any atom is 0.255 e. The van der Waals surface area contributed by atoms with Crippen LogP contribution in [0.2, 0.25) is 5.02 Å². The largest absolute Gasteiger partial charge is 0.494 e. The Morgan fingerprint density at radius 1 is 1.06 bits per heavy atom. The number of hydrogen-bond acceptors (Lipinski definition) is 5. The van der Waals surface area contributed by atoms with Gasteiger partial charge in [-0.25, -0.2) is 8.60 Å². The van der Waals surface area contributed by atoms with Crippen molar-refractivity contribution >= 4 is 39.3 Å². The van der Waals surface area contributed by atoms with Crippen LogP contribution in [0.4, 0.5) is 10.2 Å². The molecule has 0 aliphatic carbocycles. The minimum Gasteiger partial charge on any atom is -0.494 e. The lowest BCUT2D eigenvalue weighted by Crippen LogP contribution is -2.19. The highest BCUT2D eigenvalue weighted by atomic mass is 35.5. The number of nitrogens with one attached hydrogen (secondary N) is 1. The number of methoxy groups -OCH3 is 1. The number of anilines is 1. The number of benzene rings is 3. The molecule has 2 aromatic heterocycles. The van der Waals surface area contributed by atoms with Crippen LogP contribution in [0.15, 0.2) is 93.3 Å². The van der Waals surface area contributed by atoms with Crippen LogP contribution in [0.1, 0.15) is 0 Å². The molecule has 0 fully saturated rings. The number of pyridine rings is 1. The lowest BCUT2D eigenvalue weighted by molar-refractivity contribution is 0.409. The zero-order valence-electron chi connectivity index (χ0n) is 18.2. The molecule has 0 amide bonds. The van der Waals surface area contributed by atoms with Crippen molar-refractivity contribution in [3.8, 4) is 22.6 Å². The van der Waals surface area contributed by atoms with Gasteiger partial charge in [0, 0.05) is 22.5 Å². The van der Waals surface area contributed by atoms with Gasteiger partial charge in [-0.15, -0.1) is 0 Å². The number of rotatable bonds is 6. The molecule has 1 unspecified atom stereocenters. The molecule has 5 rings (SSSR count). The van der Waals surface area contributed by atoms with Crippen molar-refractivity contribution in [2.45, 2.75) is 4.90 Å². The monoisotopic (exact) mass is 509 g/mol. The van der Waals surface area contributed by atoms with Gasteiger partial charge >= 0.3 is 0 Å². The summed E-state index contributed by atoms with van der Waals surface area (Å²) in [5, 5.41) is 4.78. The fraction of sp³-hybridized carbons (Fsp3) is 0.0400. The van der Waals surface area contributed by atoms with Crippen LogP contribution in [0, 0.1) is 5.82 Å². The minimum absolute atomic E-state index is 0.0246. The second kappa shape index (κ2) is 9.36. The van der Waals surface area contributed by atoms with Crippen molar-refractivity contribution in [2.24, 2.45) is 0 Å². The molecular weight excluding hydrogens is 493 g/mol. The fourth-order valence-corrected chi connectivity index (χ4v) is 4.80. The fourth-order valence-electron chi connectivity index (χ4n) is 3.77. The lowest BCUT2D eigenvalue weighted by Gasteiger charge is -2.17. The van der Waals surface area contributed by atoms with E-state index in [2.05, 4.69) is 9.88 Å². The number of aromatic nitrogens is 2. The summed E-state index contributed by atoms with van der Waals surface area (Å²) in [5.41, 5.74) is 1.21. The predicted molar refractivity (Wildman–Crippen MR) is 133 cm³/mol. The van der Waals surface area contributed by atoms with Crippen molar-refractivity contribution in [1.29, 1.82) is 0 Å². The van der Waals surface area contributed by atoms with Crippen LogP contribution in [0.5, 0.6) is 5.75 Å². The second-order valence-electron chi connectivity index (χ2n) is 7.50. The van der Waals surface area contributed by atoms with Gasteiger partial charge in [0.05, 0.1) is 17.5 Å². The van der Waals surface area contributed by atoms with E-state index in [9.17, 15) is 9.00 Å². The molecular formula is C25H17ClFN3O4S. The molecule has 2 heterocycles. The standard InChI is InChI=1S/C25H17ClFN3O4S/c1-33-22-14-17(15-3-2-4-18(26)11-15)13-20(27)25(22)30-21-7-6-19(12-16(21)5-8-24(30)31)35(32)29-23-9-10-34-28-23/h2-14H,1H3,(H,28,29). The maximum absolute atomic E-state index is 15.5. The average Bonchev–Trinajstić information content (AvgIpc) is 3.37. The number of nitrogens with zero attached hydrogens (tertiary/aromatic N) is 2. The highest BCUT2D eigenvalue weighted by Crippen LogP contribution is 2.34. The molecule has 10 heteroatoms. The quantitative estimate of drug-likeness (QED) is 0.323. The van der Waals surface area contributed by atoms with Crippen molar-refractivity contribution in [2.75, 3.05) is 11.8 Å². The van der Waals surface area contributed by atoms with Crippen LogP contribution in [-0.4, -0.2) is 21.0 Å². The molecule has 7 nitrogen and oxygen atoms in total. The van der Waals surface area contributed by atoms with E-state index in [1.54, 1.807) is 60.7 Å². The molecule has 3 aromatic carbocycles. The van der Waals surface area contributed by atoms with E-state index in [0.29, 0.717) is 37.8 Å². The Bertz CT molecular complexity index is 1640. The summed E-state index contributed by atoms with van der Waals surface area (Å²) in [7, 11) is -0.222. The molecule has 0 radical (unpaired) electrons. The van der Waals surface area contributed by atoms with Gasteiger partial charge in [-0.2, -0.15) is 0 Å². The smallest absolute Gasteiger partial charge is 0.255 e. The SMILES string of the molecule is COc1cc(-c2cccc(Cl)c2)cc(F)c1-n1c(=O)ccc2cc(S(=O)Nc3ccon3)ccc21. The van der Waals surface area contributed by atoms with Crippen LogP contribution < -0.4 is 15.0 Å². The van der Waals surface area contributed by atoms with E-state index in [4.69, 9.17) is 20.9 Å². The highest BCUT2D eigenvalue weighted by molar-refractivity contribution is 7.86. The normalized spacial score (nSPS) is 12.0. The first kappa shape index (κ1) is 22.8. The third kappa shape index (κ3) is 4.43. The number of ether oxygens (including phenoxy) is 1. The van der Waals surface area contributed by atoms with Crippen LogP contribution in [0.3, 0.4) is 0 Å². The number of halogens is 2. The van der Waals surface area contributed by atoms with Gasteiger partial charge in [0.2, 0.25) is 0 Å². The van der Waals surface area contributed by atoms with E-state index in [1.165, 1.54) is 30.1 Å². The molecule has 35 heavy (non-hydrogen) atoms. The Kier molecular flexibility index (Phi) is 6.10. The zero-order valence-corrected chi connectivity index (χ0v) is 19.8. The molecule has 1 atom stereocenters. The highest BCUT2D eigenvalue weighted by Gasteiger charge is 2.19. The third-order valence-corrected chi connectivity index (χ3v) is 6.66. The van der Waals surface area contributed by atoms with E-state index in [-0.39, 0.29) is 11.4 Å². The van der Waals surface area contributed by atoms with Crippen LogP contribution in [-0.2, 0) is 11.0 Å². The van der Waals surface area contributed by atoms with E-state index in [0.717, 1.165) is 0 Å². The van der Waals surface area contributed by atoms with Crippen molar-refractivity contribution in [1.82, 2.24) is 9.72 Å². The van der Waals surface area contributed by atoms with Crippen LogP contribution in [0.25, 0.3) is 27.7 Å². The Balaban J connectivity index is 1.63. The predicted octanol–water partition coefficient (Wildman–Crippen LogP) is 5.58. The summed E-state index contributed by atoms with van der Waals surface area (Å²) in [6, 6.07) is 19.3. The first-order valence-electron chi connectivity index (χ1n) is 10.3. The molecule has 5 aromatic rings. The topological polar surface area (TPSA) is 86.4 Å². The average molecular weight is 510 g/mol. The zero-order chi connectivity index (χ0) is 24.5. The first-order chi connectivity index (χ1) is 16.9. The summed E-state index contributed by atoms with van der Waals surface area (Å²) >= 11 is 6.09. The Labute approximate surface area is 206 Å². The van der Waals surface area contributed by atoms with Crippen molar-refractivity contribution < 1.29 is 17.9 Å². The second-order valence-corrected chi connectivity index (χ2v) is 9.15. The van der Waals surface area contributed by atoms with Gasteiger partial charge < -0.3 is 9.26 Å². The molecule has 0 aliphatic rings. The first-order valence-corrected chi connectivity index (χ1v) is 11.9. The van der Waals surface area contributed by atoms with Gasteiger partial charge in [0.15, 0.2) is 22.6 Å². The number of fused-ring (bicyclic) bond motifs is 1. The van der Waals surface area contributed by atoms with Gasteiger partial charge in [0.1, 0.15) is 17.7 Å². The molecule has 1 N–H and O–H groups in total. The molecule has 0 bridgehead atoms. The summed E-state index contributed by atoms with van der Waals surface area (Å²) in [6.45, 7) is 0. The molecule has 0 saturated carbocycles. The van der Waals surface area contributed by atoms with Crippen LogP contribution >= 0.6 is 11.6 Å². The van der Waals surface area contributed by atoms with Crippen molar-refractivity contribution in [3.05, 3.63) is 100 Å². The summed E-state index contributed by atoms with van der Waals surface area (Å²) in [6.07, 6.45) is 1.36. The molecule has 0 saturated heterocycles. The van der Waals surface area contributed by atoms with E-state index >= 15 is 4.39 Å². The van der Waals surface area contributed by atoms with E-state index in [1.807, 2.05) is 0 Å². The summed E-state index contributed by atoms with van der Waals surface area (Å²) in [4.78, 5) is 13.4. The van der Waals surface area contributed by atoms with Gasteiger partial charge in [0.25, 0.3) is 5.56 Å². The number of hydrogen-bond donors (Lipinski definition) is 1. The Morgan fingerprint density at radius 2 is 1.91 bits per heavy atom.